The quantitative estimate of drug-likeness (QED) is 0.669. The molecule has 4 atom stereocenters. The molecule has 0 bridgehead atoms. The van der Waals surface area contributed by atoms with Crippen LogP contribution in [0, 0.1) is 5.92 Å². The first kappa shape index (κ1) is 20.8. The summed E-state index contributed by atoms with van der Waals surface area (Å²) >= 11 is 0. The molecule has 0 aliphatic carbocycles. The molecule has 2 aliphatic heterocycles. The number of nitrogens with one attached hydrogen (secondary N) is 3. The van der Waals surface area contributed by atoms with Crippen LogP contribution in [0.15, 0.2) is 30.3 Å². The topological polar surface area (TPSA) is 73.5 Å². The van der Waals surface area contributed by atoms with Crippen molar-refractivity contribution < 1.29 is 9.59 Å². The van der Waals surface area contributed by atoms with Crippen molar-refractivity contribution in [3.05, 3.63) is 35.9 Å². The van der Waals surface area contributed by atoms with E-state index < -0.39 is 0 Å². The van der Waals surface area contributed by atoms with E-state index in [9.17, 15) is 9.59 Å². The Morgan fingerprint density at radius 2 is 1.96 bits per heavy atom. The van der Waals surface area contributed by atoms with Crippen LogP contribution in [0.1, 0.15) is 51.1 Å². The van der Waals surface area contributed by atoms with Gasteiger partial charge in [-0.15, -0.1) is 0 Å². The Balaban J connectivity index is 1.45. The number of benzene rings is 1. The van der Waals surface area contributed by atoms with Crippen LogP contribution in [0.25, 0.3) is 0 Å². The van der Waals surface area contributed by atoms with Crippen molar-refractivity contribution in [3.63, 3.8) is 0 Å². The lowest BCUT2D eigenvalue weighted by atomic mass is 9.96. The molecule has 0 radical (unpaired) electrons. The van der Waals surface area contributed by atoms with E-state index in [4.69, 9.17) is 0 Å². The van der Waals surface area contributed by atoms with E-state index >= 15 is 0 Å². The molecule has 2 fully saturated rings. The lowest BCUT2D eigenvalue weighted by Gasteiger charge is -2.36. The summed E-state index contributed by atoms with van der Waals surface area (Å²) in [5, 5.41) is 9.49. The van der Waals surface area contributed by atoms with E-state index in [0.29, 0.717) is 12.5 Å². The van der Waals surface area contributed by atoms with Gasteiger partial charge in [-0.05, 0) is 64.1 Å². The molecule has 3 rings (SSSR count). The fourth-order valence-electron chi connectivity index (χ4n) is 4.22. The number of likely N-dealkylation sites (tertiary alicyclic amines) is 1. The van der Waals surface area contributed by atoms with E-state index in [0.717, 1.165) is 50.9 Å². The van der Waals surface area contributed by atoms with Crippen molar-refractivity contribution in [3.8, 4) is 0 Å². The van der Waals surface area contributed by atoms with Gasteiger partial charge in [-0.3, -0.25) is 14.5 Å². The van der Waals surface area contributed by atoms with Gasteiger partial charge in [0.2, 0.25) is 11.8 Å². The molecule has 1 aromatic carbocycles. The van der Waals surface area contributed by atoms with E-state index in [1.165, 1.54) is 0 Å². The lowest BCUT2D eigenvalue weighted by molar-refractivity contribution is -0.127. The first-order valence-electron chi connectivity index (χ1n) is 10.6. The molecule has 4 unspecified atom stereocenters. The van der Waals surface area contributed by atoms with Gasteiger partial charge >= 0.3 is 0 Å². The largest absolute Gasteiger partial charge is 0.354 e. The van der Waals surface area contributed by atoms with Crippen LogP contribution >= 0.6 is 0 Å². The Labute approximate surface area is 168 Å². The molecule has 2 aliphatic rings. The summed E-state index contributed by atoms with van der Waals surface area (Å²) in [4.78, 5) is 27.2. The van der Waals surface area contributed by atoms with Gasteiger partial charge < -0.3 is 16.0 Å². The second kappa shape index (κ2) is 10.0. The molecule has 0 spiro atoms. The van der Waals surface area contributed by atoms with Crippen LogP contribution in [-0.4, -0.2) is 55.0 Å². The minimum Gasteiger partial charge on any atom is -0.354 e. The molecule has 6 heteroatoms. The first-order valence-corrected chi connectivity index (χ1v) is 10.6. The minimum absolute atomic E-state index is 0.00469. The van der Waals surface area contributed by atoms with Gasteiger partial charge in [-0.25, -0.2) is 0 Å². The normalized spacial score (nSPS) is 25.1. The van der Waals surface area contributed by atoms with E-state index in [1.807, 2.05) is 44.2 Å². The summed E-state index contributed by atoms with van der Waals surface area (Å²) in [6.07, 6.45) is 4.17. The third kappa shape index (κ3) is 5.55. The summed E-state index contributed by atoms with van der Waals surface area (Å²) in [5.74, 6) is 0.592. The number of rotatable bonds is 7. The number of nitrogens with zero attached hydrogens (tertiary/aromatic N) is 1. The molecule has 1 aromatic rings. The number of hydrogen-bond donors (Lipinski definition) is 3. The van der Waals surface area contributed by atoms with E-state index in [2.05, 4.69) is 20.9 Å². The number of hydrogen-bond acceptors (Lipinski definition) is 4. The van der Waals surface area contributed by atoms with Gasteiger partial charge in [0.1, 0.15) is 0 Å². The average molecular weight is 387 g/mol. The van der Waals surface area contributed by atoms with Gasteiger partial charge in [0, 0.05) is 13.1 Å². The van der Waals surface area contributed by atoms with Crippen molar-refractivity contribution >= 4 is 11.8 Å². The molecule has 0 saturated carbocycles. The fraction of sp³-hybridized carbons (Fsp3) is 0.636. The molecule has 2 saturated heterocycles. The Bertz CT molecular complexity index is 645. The van der Waals surface area contributed by atoms with Crippen LogP contribution < -0.4 is 16.0 Å². The van der Waals surface area contributed by atoms with Crippen molar-refractivity contribution in [2.75, 3.05) is 26.2 Å². The standard InChI is InChI=1S/C22H34N4O2/c1-16(19-9-4-3-5-10-19)25-21(27)17(2)26-13-7-8-18(15-26)14-24-22(28)20-11-6-12-23-20/h3-5,9-10,16-18,20,23H,6-8,11-15H2,1-2H3,(H,24,28)(H,25,27). The summed E-state index contributed by atoms with van der Waals surface area (Å²) in [6, 6.07) is 9.84. The van der Waals surface area contributed by atoms with E-state index in [1.54, 1.807) is 0 Å². The molecular weight excluding hydrogens is 352 g/mol. The van der Waals surface area contributed by atoms with Crippen LogP contribution in [0.5, 0.6) is 0 Å². The molecule has 0 aromatic heterocycles. The summed E-state index contributed by atoms with van der Waals surface area (Å²) in [5.41, 5.74) is 1.11. The molecule has 2 amide bonds. The zero-order chi connectivity index (χ0) is 19.9. The monoisotopic (exact) mass is 386 g/mol. The van der Waals surface area contributed by atoms with Gasteiger partial charge in [0.05, 0.1) is 18.1 Å². The summed E-state index contributed by atoms with van der Waals surface area (Å²) < 4.78 is 0. The molecule has 28 heavy (non-hydrogen) atoms. The molecule has 3 N–H and O–H groups in total. The Morgan fingerprint density at radius 1 is 1.18 bits per heavy atom. The molecule has 154 valence electrons. The van der Waals surface area contributed by atoms with Crippen molar-refractivity contribution in [1.82, 2.24) is 20.9 Å². The van der Waals surface area contributed by atoms with Crippen LogP contribution in [0.4, 0.5) is 0 Å². The Kier molecular flexibility index (Phi) is 7.45. The van der Waals surface area contributed by atoms with Gasteiger partial charge in [0.25, 0.3) is 0 Å². The highest BCUT2D eigenvalue weighted by Gasteiger charge is 2.29. The van der Waals surface area contributed by atoms with Gasteiger partial charge in [0.15, 0.2) is 0 Å². The zero-order valence-electron chi connectivity index (χ0n) is 17.1. The van der Waals surface area contributed by atoms with Gasteiger partial charge in [-0.1, -0.05) is 30.3 Å². The van der Waals surface area contributed by atoms with Crippen molar-refractivity contribution in [2.45, 2.75) is 57.7 Å². The number of piperidine rings is 1. The zero-order valence-corrected chi connectivity index (χ0v) is 17.1. The van der Waals surface area contributed by atoms with Crippen molar-refractivity contribution in [1.29, 1.82) is 0 Å². The predicted molar refractivity (Wildman–Crippen MR) is 111 cm³/mol. The number of carbonyl (C=O) groups is 2. The maximum absolute atomic E-state index is 12.7. The van der Waals surface area contributed by atoms with Crippen molar-refractivity contribution in [2.24, 2.45) is 5.92 Å². The second-order valence-corrected chi connectivity index (χ2v) is 8.21. The summed E-state index contributed by atoms with van der Waals surface area (Å²) in [7, 11) is 0. The number of amides is 2. The first-order chi connectivity index (χ1) is 13.5. The Hall–Kier alpha value is -1.92. The highest BCUT2D eigenvalue weighted by Crippen LogP contribution is 2.19. The Morgan fingerprint density at radius 3 is 2.68 bits per heavy atom. The third-order valence-corrected chi connectivity index (χ3v) is 6.08. The SMILES string of the molecule is CC(NC(=O)C(C)N1CCCC(CNC(=O)C2CCCN2)C1)c1ccccc1. The van der Waals surface area contributed by atoms with Crippen LogP contribution in [-0.2, 0) is 9.59 Å². The average Bonchev–Trinajstić information content (AvgIpc) is 3.27. The lowest BCUT2D eigenvalue weighted by Crippen LogP contribution is -2.51. The number of carbonyl (C=O) groups excluding carboxylic acids is 2. The van der Waals surface area contributed by atoms with Gasteiger partial charge in [-0.2, -0.15) is 0 Å². The predicted octanol–water partition coefficient (Wildman–Crippen LogP) is 1.83. The third-order valence-electron chi connectivity index (χ3n) is 6.08. The smallest absolute Gasteiger partial charge is 0.237 e. The minimum atomic E-state index is -0.166. The highest BCUT2D eigenvalue weighted by molar-refractivity contribution is 5.82. The van der Waals surface area contributed by atoms with Crippen LogP contribution in [0.2, 0.25) is 0 Å². The fourth-order valence-corrected chi connectivity index (χ4v) is 4.22. The van der Waals surface area contributed by atoms with Crippen LogP contribution in [0.3, 0.4) is 0 Å². The highest BCUT2D eigenvalue weighted by atomic mass is 16.2. The molecular formula is C22H34N4O2. The maximum atomic E-state index is 12.7. The summed E-state index contributed by atoms with van der Waals surface area (Å²) in [6.45, 7) is 7.42. The van der Waals surface area contributed by atoms with E-state index in [-0.39, 0.29) is 29.9 Å². The molecule has 6 nitrogen and oxygen atoms in total. The maximum Gasteiger partial charge on any atom is 0.237 e. The second-order valence-electron chi connectivity index (χ2n) is 8.21. The molecule has 2 heterocycles.